The maximum absolute atomic E-state index is 12.6. The van der Waals surface area contributed by atoms with Crippen molar-refractivity contribution in [1.82, 2.24) is 5.43 Å². The van der Waals surface area contributed by atoms with Crippen LogP contribution in [0.1, 0.15) is 18.1 Å². The Balaban J connectivity index is 1.93. The number of carbonyl (C=O) groups is 1. The average molecular weight is 352 g/mol. The van der Waals surface area contributed by atoms with Gasteiger partial charge in [0, 0.05) is 5.56 Å². The van der Waals surface area contributed by atoms with Crippen molar-refractivity contribution < 1.29 is 27.8 Å². The largest absolute Gasteiger partial charge is 0.507 e. The summed E-state index contributed by atoms with van der Waals surface area (Å²) in [6, 6.07) is 10.7. The Morgan fingerprint density at radius 2 is 1.92 bits per heavy atom. The molecular weight excluding hydrogens is 337 g/mol. The van der Waals surface area contributed by atoms with E-state index in [1.54, 1.807) is 25.1 Å². The zero-order chi connectivity index (χ0) is 18.4. The van der Waals surface area contributed by atoms with Crippen molar-refractivity contribution in [3.8, 4) is 11.5 Å². The summed E-state index contributed by atoms with van der Waals surface area (Å²) in [4.78, 5) is 11.7. The van der Waals surface area contributed by atoms with E-state index in [4.69, 9.17) is 4.74 Å². The average Bonchev–Trinajstić information content (AvgIpc) is 2.58. The topological polar surface area (TPSA) is 70.9 Å². The Morgan fingerprint density at radius 3 is 2.60 bits per heavy atom. The van der Waals surface area contributed by atoms with Crippen LogP contribution in [0.5, 0.6) is 11.5 Å². The molecule has 0 saturated carbocycles. The number of halogens is 3. The lowest BCUT2D eigenvalue weighted by Crippen LogP contribution is -2.25. The Bertz CT molecular complexity index is 789. The second-order valence-electron chi connectivity index (χ2n) is 5.06. The number of hydrazone groups is 1. The molecule has 0 unspecified atom stereocenters. The van der Waals surface area contributed by atoms with E-state index in [9.17, 15) is 23.1 Å². The van der Waals surface area contributed by atoms with Crippen molar-refractivity contribution >= 4 is 11.6 Å². The highest BCUT2D eigenvalue weighted by Crippen LogP contribution is 2.31. The van der Waals surface area contributed by atoms with Crippen molar-refractivity contribution in [2.45, 2.75) is 13.1 Å². The summed E-state index contributed by atoms with van der Waals surface area (Å²) >= 11 is 0. The maximum atomic E-state index is 12.6. The Hall–Kier alpha value is -3.03. The van der Waals surface area contributed by atoms with E-state index in [2.05, 4.69) is 10.5 Å². The molecule has 2 aromatic carbocycles. The number of hydrogen-bond donors (Lipinski definition) is 2. The molecule has 0 heterocycles. The summed E-state index contributed by atoms with van der Waals surface area (Å²) in [5.74, 6) is -0.711. The molecule has 0 aliphatic rings. The minimum atomic E-state index is -4.49. The first-order valence-electron chi connectivity index (χ1n) is 7.19. The second kappa shape index (κ2) is 7.69. The van der Waals surface area contributed by atoms with E-state index in [0.29, 0.717) is 11.3 Å². The third-order valence-corrected chi connectivity index (χ3v) is 3.17. The minimum Gasteiger partial charge on any atom is -0.507 e. The number of ether oxygens (including phenoxy) is 1. The molecule has 0 atom stereocenters. The van der Waals surface area contributed by atoms with Crippen molar-refractivity contribution in [3.05, 3.63) is 59.7 Å². The number of alkyl halides is 3. The molecule has 2 rings (SSSR count). The Morgan fingerprint density at radius 1 is 1.20 bits per heavy atom. The molecule has 0 spiro atoms. The number of rotatable bonds is 5. The van der Waals surface area contributed by atoms with Gasteiger partial charge in [-0.15, -0.1) is 0 Å². The third-order valence-electron chi connectivity index (χ3n) is 3.17. The second-order valence-corrected chi connectivity index (χ2v) is 5.06. The van der Waals surface area contributed by atoms with E-state index in [1.165, 1.54) is 18.2 Å². The predicted octanol–water partition coefficient (Wildman–Crippen LogP) is 3.33. The lowest BCUT2D eigenvalue weighted by molar-refractivity contribution is -0.137. The van der Waals surface area contributed by atoms with Crippen LogP contribution in [-0.4, -0.2) is 23.3 Å². The Labute approximate surface area is 141 Å². The highest BCUT2D eigenvalue weighted by Gasteiger charge is 2.30. The van der Waals surface area contributed by atoms with Crippen LogP contribution in [0.4, 0.5) is 13.2 Å². The third kappa shape index (κ3) is 5.23. The number of carbonyl (C=O) groups excluding carboxylic acids is 1. The van der Waals surface area contributed by atoms with E-state index in [-0.39, 0.29) is 11.5 Å². The molecule has 2 N–H and O–H groups in total. The number of nitrogens with zero attached hydrogens (tertiary/aromatic N) is 1. The van der Waals surface area contributed by atoms with Crippen LogP contribution in [0.2, 0.25) is 0 Å². The van der Waals surface area contributed by atoms with E-state index in [1.807, 2.05) is 0 Å². The molecule has 0 aliphatic heterocycles. The SMILES string of the molecule is CC(=NNC(=O)COc1cccc(C(F)(F)F)c1)c1ccccc1O. The van der Waals surface area contributed by atoms with Crippen LogP contribution in [-0.2, 0) is 11.0 Å². The van der Waals surface area contributed by atoms with Gasteiger partial charge < -0.3 is 9.84 Å². The molecule has 1 amide bonds. The van der Waals surface area contributed by atoms with Crippen LogP contribution >= 0.6 is 0 Å². The number of hydrogen-bond acceptors (Lipinski definition) is 4. The Kier molecular flexibility index (Phi) is 5.63. The van der Waals surface area contributed by atoms with Gasteiger partial charge in [-0.2, -0.15) is 18.3 Å². The highest BCUT2D eigenvalue weighted by molar-refractivity contribution is 6.01. The normalized spacial score (nSPS) is 11.9. The molecule has 0 aliphatic carbocycles. The molecular formula is C17H15F3N2O3. The van der Waals surface area contributed by atoms with Gasteiger partial charge in [0.2, 0.25) is 0 Å². The van der Waals surface area contributed by atoms with Gasteiger partial charge in [0.1, 0.15) is 11.5 Å². The van der Waals surface area contributed by atoms with E-state index < -0.39 is 24.3 Å². The van der Waals surface area contributed by atoms with Crippen LogP contribution in [0.25, 0.3) is 0 Å². The molecule has 5 nitrogen and oxygen atoms in total. The summed E-state index contributed by atoms with van der Waals surface area (Å²) in [7, 11) is 0. The summed E-state index contributed by atoms with van der Waals surface area (Å²) in [5.41, 5.74) is 2.16. The molecule has 25 heavy (non-hydrogen) atoms. The molecule has 2 aromatic rings. The number of nitrogens with one attached hydrogen (secondary N) is 1. The monoisotopic (exact) mass is 352 g/mol. The summed E-state index contributed by atoms with van der Waals surface area (Å²) in [6.07, 6.45) is -4.49. The van der Waals surface area contributed by atoms with Gasteiger partial charge in [0.05, 0.1) is 11.3 Å². The van der Waals surface area contributed by atoms with Gasteiger partial charge in [0.25, 0.3) is 5.91 Å². The quantitative estimate of drug-likeness (QED) is 0.640. The van der Waals surface area contributed by atoms with Crippen molar-refractivity contribution in [2.24, 2.45) is 5.10 Å². The first kappa shape index (κ1) is 18.3. The van der Waals surface area contributed by atoms with Crippen LogP contribution < -0.4 is 10.2 Å². The molecule has 0 saturated heterocycles. The minimum absolute atomic E-state index is 0.0122. The fourth-order valence-corrected chi connectivity index (χ4v) is 1.93. The number of aromatic hydroxyl groups is 1. The smallest absolute Gasteiger partial charge is 0.416 e. The first-order valence-corrected chi connectivity index (χ1v) is 7.19. The lowest BCUT2D eigenvalue weighted by atomic mass is 10.1. The zero-order valence-corrected chi connectivity index (χ0v) is 13.2. The number of para-hydroxylation sites is 1. The van der Waals surface area contributed by atoms with Gasteiger partial charge in [-0.1, -0.05) is 18.2 Å². The lowest BCUT2D eigenvalue weighted by Gasteiger charge is -2.10. The fraction of sp³-hybridized carbons (Fsp3) is 0.176. The molecule has 0 radical (unpaired) electrons. The number of phenols is 1. The molecule has 0 aromatic heterocycles. The zero-order valence-electron chi connectivity index (χ0n) is 13.2. The van der Waals surface area contributed by atoms with Crippen molar-refractivity contribution in [1.29, 1.82) is 0 Å². The predicted molar refractivity (Wildman–Crippen MR) is 85.4 cm³/mol. The molecule has 8 heteroatoms. The van der Waals surface area contributed by atoms with Gasteiger partial charge in [-0.25, -0.2) is 5.43 Å². The summed E-state index contributed by atoms with van der Waals surface area (Å²) in [5, 5.41) is 13.5. The van der Waals surface area contributed by atoms with Crippen LogP contribution in [0, 0.1) is 0 Å². The molecule has 0 bridgehead atoms. The van der Waals surface area contributed by atoms with Crippen LogP contribution in [0.3, 0.4) is 0 Å². The number of benzene rings is 2. The van der Waals surface area contributed by atoms with Crippen molar-refractivity contribution in [3.63, 3.8) is 0 Å². The number of phenolic OH excluding ortho intramolecular Hbond substituents is 1. The van der Waals surface area contributed by atoms with E-state index >= 15 is 0 Å². The van der Waals surface area contributed by atoms with Gasteiger partial charge in [0.15, 0.2) is 6.61 Å². The molecule has 132 valence electrons. The molecule has 0 fully saturated rings. The first-order chi connectivity index (χ1) is 11.8. The van der Waals surface area contributed by atoms with E-state index in [0.717, 1.165) is 12.1 Å². The standard InChI is InChI=1S/C17H15F3N2O3/c1-11(14-7-2-3-8-15(14)23)21-22-16(24)10-25-13-6-4-5-12(9-13)17(18,19)20/h2-9,23H,10H2,1H3,(H,22,24). The van der Waals surface area contributed by atoms with Gasteiger partial charge in [-0.3, -0.25) is 4.79 Å². The highest BCUT2D eigenvalue weighted by atomic mass is 19.4. The van der Waals surface area contributed by atoms with Crippen molar-refractivity contribution in [2.75, 3.05) is 6.61 Å². The maximum Gasteiger partial charge on any atom is 0.416 e. The van der Waals surface area contributed by atoms with Gasteiger partial charge >= 0.3 is 6.18 Å². The summed E-state index contributed by atoms with van der Waals surface area (Å²) < 4.78 is 42.8. The summed E-state index contributed by atoms with van der Waals surface area (Å²) in [6.45, 7) is 1.09. The number of amides is 1. The van der Waals surface area contributed by atoms with Gasteiger partial charge in [-0.05, 0) is 37.3 Å². The fourth-order valence-electron chi connectivity index (χ4n) is 1.93. The van der Waals surface area contributed by atoms with Crippen LogP contribution in [0.15, 0.2) is 53.6 Å².